The van der Waals surface area contributed by atoms with Crippen LogP contribution in [0, 0.1) is 16.0 Å². The van der Waals surface area contributed by atoms with Crippen molar-refractivity contribution in [3.05, 3.63) is 46.6 Å². The van der Waals surface area contributed by atoms with Crippen molar-refractivity contribution in [2.75, 3.05) is 26.0 Å². The number of piperidine rings is 1. The van der Waals surface area contributed by atoms with Gasteiger partial charge in [0.15, 0.2) is 9.84 Å². The van der Waals surface area contributed by atoms with Crippen LogP contribution in [0.25, 0.3) is 11.1 Å². The summed E-state index contributed by atoms with van der Waals surface area (Å²) in [7, 11) is -3.30. The molecule has 144 valence electrons. The maximum Gasteiger partial charge on any atom is 0.331 e. The lowest BCUT2D eigenvalue weighted by Crippen LogP contribution is -2.30. The molecule has 3 rings (SSSR count). The first-order valence-corrected chi connectivity index (χ1v) is 10.5. The van der Waals surface area contributed by atoms with Crippen molar-refractivity contribution in [1.29, 1.82) is 0 Å². The summed E-state index contributed by atoms with van der Waals surface area (Å²) in [5.41, 5.74) is 0.965. The lowest BCUT2D eigenvalue weighted by atomic mass is 9.99. The standard InChI is InChI=1S/C18H21N3O5S/c1-27(24,25)16-4-2-14(3-5-16)15-10-17(21(22)23)18(20-11-15)26-12-13-6-8-19-9-7-13/h2-5,10-11,13,19H,6-9,12H2,1H3. The Morgan fingerprint density at radius 3 is 2.48 bits per heavy atom. The average molecular weight is 391 g/mol. The number of ether oxygens (including phenoxy) is 1. The van der Waals surface area contributed by atoms with E-state index in [2.05, 4.69) is 10.3 Å². The summed E-state index contributed by atoms with van der Waals surface area (Å²) in [6.45, 7) is 2.25. The van der Waals surface area contributed by atoms with Gasteiger partial charge >= 0.3 is 5.69 Å². The predicted molar refractivity (Wildman–Crippen MR) is 101 cm³/mol. The molecule has 0 amide bonds. The normalized spacial score (nSPS) is 15.4. The number of nitrogens with zero attached hydrogens (tertiary/aromatic N) is 2. The molecule has 1 aromatic heterocycles. The molecule has 27 heavy (non-hydrogen) atoms. The minimum absolute atomic E-state index is 0.00930. The van der Waals surface area contributed by atoms with E-state index >= 15 is 0 Å². The molecule has 0 radical (unpaired) electrons. The maximum absolute atomic E-state index is 11.5. The molecule has 1 aliphatic heterocycles. The molecule has 1 aliphatic rings. The van der Waals surface area contributed by atoms with Crippen molar-refractivity contribution in [2.45, 2.75) is 17.7 Å². The van der Waals surface area contributed by atoms with Gasteiger partial charge in [-0.3, -0.25) is 10.1 Å². The third kappa shape index (κ3) is 4.81. The first-order chi connectivity index (χ1) is 12.8. The molecule has 0 aliphatic carbocycles. The van der Waals surface area contributed by atoms with Gasteiger partial charge in [-0.15, -0.1) is 0 Å². The molecule has 1 fully saturated rings. The molecule has 1 aromatic carbocycles. The lowest BCUT2D eigenvalue weighted by Gasteiger charge is -2.22. The molecule has 1 N–H and O–H groups in total. The van der Waals surface area contributed by atoms with E-state index in [1.807, 2.05) is 0 Å². The number of sulfone groups is 1. The van der Waals surface area contributed by atoms with Crippen molar-refractivity contribution in [2.24, 2.45) is 5.92 Å². The molecule has 0 saturated carbocycles. The van der Waals surface area contributed by atoms with Crippen LogP contribution in [-0.2, 0) is 9.84 Å². The molecular formula is C18H21N3O5S. The SMILES string of the molecule is CS(=O)(=O)c1ccc(-c2cnc(OCC3CCNCC3)c([N+](=O)[O-])c2)cc1. The summed E-state index contributed by atoms with van der Waals surface area (Å²) in [5, 5.41) is 14.7. The number of nitrogens with one attached hydrogen (secondary N) is 1. The Balaban J connectivity index is 1.81. The smallest absolute Gasteiger partial charge is 0.331 e. The van der Waals surface area contributed by atoms with Gasteiger partial charge in [-0.1, -0.05) is 12.1 Å². The fourth-order valence-corrected chi connectivity index (χ4v) is 3.61. The second-order valence-electron chi connectivity index (χ2n) is 6.61. The zero-order valence-electron chi connectivity index (χ0n) is 14.9. The van der Waals surface area contributed by atoms with E-state index in [1.54, 1.807) is 12.1 Å². The second kappa shape index (κ2) is 8.01. The molecule has 0 unspecified atom stereocenters. The number of benzene rings is 1. The maximum atomic E-state index is 11.5. The van der Waals surface area contributed by atoms with Crippen LogP contribution in [0.3, 0.4) is 0 Å². The van der Waals surface area contributed by atoms with Crippen LogP contribution in [0.4, 0.5) is 5.69 Å². The Kier molecular flexibility index (Phi) is 5.71. The van der Waals surface area contributed by atoms with Gasteiger partial charge < -0.3 is 10.1 Å². The van der Waals surface area contributed by atoms with Gasteiger partial charge in [0, 0.05) is 24.1 Å². The fraction of sp³-hybridized carbons (Fsp3) is 0.389. The minimum atomic E-state index is -3.30. The molecule has 2 aromatic rings. The summed E-state index contributed by atoms with van der Waals surface area (Å²) < 4.78 is 28.7. The van der Waals surface area contributed by atoms with Crippen molar-refractivity contribution in [3.8, 4) is 17.0 Å². The van der Waals surface area contributed by atoms with E-state index in [0.29, 0.717) is 23.7 Å². The van der Waals surface area contributed by atoms with Crippen LogP contribution in [0.5, 0.6) is 5.88 Å². The zero-order valence-corrected chi connectivity index (χ0v) is 15.7. The van der Waals surface area contributed by atoms with Gasteiger partial charge in [0.2, 0.25) is 0 Å². The molecule has 0 spiro atoms. The average Bonchev–Trinajstić information content (AvgIpc) is 2.66. The van der Waals surface area contributed by atoms with E-state index in [9.17, 15) is 18.5 Å². The van der Waals surface area contributed by atoms with Crippen LogP contribution in [0.1, 0.15) is 12.8 Å². The summed E-state index contributed by atoms with van der Waals surface area (Å²) >= 11 is 0. The Labute approximate surface area is 157 Å². The highest BCUT2D eigenvalue weighted by molar-refractivity contribution is 7.90. The first kappa shape index (κ1) is 19.2. The second-order valence-corrected chi connectivity index (χ2v) is 8.62. The van der Waals surface area contributed by atoms with E-state index in [-0.39, 0.29) is 16.5 Å². The van der Waals surface area contributed by atoms with Crippen LogP contribution < -0.4 is 10.1 Å². The van der Waals surface area contributed by atoms with E-state index in [4.69, 9.17) is 4.74 Å². The minimum Gasteiger partial charge on any atom is -0.473 e. The Morgan fingerprint density at radius 2 is 1.89 bits per heavy atom. The molecule has 0 atom stereocenters. The van der Waals surface area contributed by atoms with E-state index < -0.39 is 14.8 Å². The number of nitro groups is 1. The van der Waals surface area contributed by atoms with Gasteiger partial charge in [0.05, 0.1) is 16.4 Å². The molecule has 0 bridgehead atoms. The molecule has 8 nitrogen and oxygen atoms in total. The van der Waals surface area contributed by atoms with Gasteiger partial charge in [-0.05, 0) is 49.5 Å². The molecule has 9 heteroatoms. The van der Waals surface area contributed by atoms with Crippen LogP contribution >= 0.6 is 0 Å². The summed E-state index contributed by atoms with van der Waals surface area (Å²) in [6.07, 6.45) is 4.57. The van der Waals surface area contributed by atoms with Crippen molar-refractivity contribution in [3.63, 3.8) is 0 Å². The lowest BCUT2D eigenvalue weighted by molar-refractivity contribution is -0.386. The number of rotatable bonds is 6. The summed E-state index contributed by atoms with van der Waals surface area (Å²) in [6, 6.07) is 7.55. The molecular weight excluding hydrogens is 370 g/mol. The van der Waals surface area contributed by atoms with E-state index in [0.717, 1.165) is 32.2 Å². The van der Waals surface area contributed by atoms with Crippen molar-refractivity contribution in [1.82, 2.24) is 10.3 Å². The van der Waals surface area contributed by atoms with Gasteiger partial charge in [0.25, 0.3) is 5.88 Å². The van der Waals surface area contributed by atoms with Gasteiger partial charge in [0.1, 0.15) is 0 Å². The monoisotopic (exact) mass is 391 g/mol. The highest BCUT2D eigenvalue weighted by Gasteiger charge is 2.21. The highest BCUT2D eigenvalue weighted by Crippen LogP contribution is 2.31. The van der Waals surface area contributed by atoms with Crippen molar-refractivity contribution < 1.29 is 18.1 Å². The van der Waals surface area contributed by atoms with Gasteiger partial charge in [-0.2, -0.15) is 0 Å². The van der Waals surface area contributed by atoms with Crippen LogP contribution in [0.2, 0.25) is 0 Å². The third-order valence-corrected chi connectivity index (χ3v) is 5.69. The quantitative estimate of drug-likeness (QED) is 0.594. The Hall–Kier alpha value is -2.52. The number of pyridine rings is 1. The third-order valence-electron chi connectivity index (χ3n) is 4.56. The van der Waals surface area contributed by atoms with Crippen LogP contribution in [-0.4, -0.2) is 44.3 Å². The molecule has 1 saturated heterocycles. The zero-order chi connectivity index (χ0) is 19.4. The summed E-state index contributed by atoms with van der Waals surface area (Å²) in [5.74, 6) is 0.367. The highest BCUT2D eigenvalue weighted by atomic mass is 32.2. The van der Waals surface area contributed by atoms with Crippen molar-refractivity contribution >= 4 is 15.5 Å². The number of aromatic nitrogens is 1. The largest absolute Gasteiger partial charge is 0.473 e. The molecule has 2 heterocycles. The first-order valence-electron chi connectivity index (χ1n) is 8.63. The predicted octanol–water partition coefficient (Wildman–Crippen LogP) is 2.44. The van der Waals surface area contributed by atoms with Crippen LogP contribution in [0.15, 0.2) is 41.4 Å². The van der Waals surface area contributed by atoms with Gasteiger partial charge in [-0.25, -0.2) is 13.4 Å². The fourth-order valence-electron chi connectivity index (χ4n) is 2.98. The van der Waals surface area contributed by atoms with E-state index in [1.165, 1.54) is 24.4 Å². The topological polar surface area (TPSA) is 111 Å². The Morgan fingerprint density at radius 1 is 1.22 bits per heavy atom. The summed E-state index contributed by atoms with van der Waals surface area (Å²) in [4.78, 5) is 15.2. The number of hydrogen-bond acceptors (Lipinski definition) is 7. The Bertz CT molecular complexity index is 923. The number of hydrogen-bond donors (Lipinski definition) is 1.